The minimum atomic E-state index is -0.835. The van der Waals surface area contributed by atoms with Gasteiger partial charge in [-0.2, -0.15) is 0 Å². The lowest BCUT2D eigenvalue weighted by atomic mass is 10.3. The lowest BCUT2D eigenvalue weighted by Gasteiger charge is -2.15. The molecule has 0 bridgehead atoms. The van der Waals surface area contributed by atoms with Gasteiger partial charge in [-0.15, -0.1) is 23.1 Å². The van der Waals surface area contributed by atoms with E-state index in [1.165, 1.54) is 4.21 Å². The standard InChI is InChI=1S/C10H16N2O2S2/c1-10(2,3)16-8-5-4-7(15-8)6-12(14)9(11)13/h4-5,14H,6H2,1-3H3,(H2,11,13). The lowest BCUT2D eigenvalue weighted by molar-refractivity contribution is -0.0462. The molecule has 0 spiro atoms. The molecule has 0 saturated heterocycles. The Hall–Kier alpha value is -0.720. The number of hydroxylamine groups is 2. The summed E-state index contributed by atoms with van der Waals surface area (Å²) in [6.45, 7) is 6.56. The van der Waals surface area contributed by atoms with Crippen molar-refractivity contribution in [1.29, 1.82) is 0 Å². The van der Waals surface area contributed by atoms with E-state index in [4.69, 9.17) is 5.73 Å². The number of urea groups is 1. The Morgan fingerprint density at radius 3 is 2.69 bits per heavy atom. The first kappa shape index (κ1) is 13.3. The predicted octanol–water partition coefficient (Wildman–Crippen LogP) is 2.91. The van der Waals surface area contributed by atoms with Gasteiger partial charge in [-0.05, 0) is 12.1 Å². The Kier molecular flexibility index (Phi) is 4.23. The summed E-state index contributed by atoms with van der Waals surface area (Å²) in [4.78, 5) is 11.5. The van der Waals surface area contributed by atoms with Crippen LogP contribution < -0.4 is 5.73 Å². The highest BCUT2D eigenvalue weighted by atomic mass is 32.2. The molecule has 0 aliphatic carbocycles. The second kappa shape index (κ2) is 5.07. The molecule has 16 heavy (non-hydrogen) atoms. The van der Waals surface area contributed by atoms with Gasteiger partial charge in [0.25, 0.3) is 0 Å². The van der Waals surface area contributed by atoms with Crippen LogP contribution in [0.15, 0.2) is 16.3 Å². The van der Waals surface area contributed by atoms with Crippen molar-refractivity contribution in [2.45, 2.75) is 36.3 Å². The van der Waals surface area contributed by atoms with Gasteiger partial charge in [0.05, 0.1) is 10.8 Å². The van der Waals surface area contributed by atoms with Crippen LogP contribution in [0.25, 0.3) is 0 Å². The SMILES string of the molecule is CC(C)(C)Sc1ccc(CN(O)C(N)=O)s1. The summed E-state index contributed by atoms with van der Waals surface area (Å²) in [5.41, 5.74) is 4.93. The first-order valence-electron chi connectivity index (χ1n) is 4.81. The average molecular weight is 260 g/mol. The number of primary amides is 1. The van der Waals surface area contributed by atoms with Crippen molar-refractivity contribution in [1.82, 2.24) is 5.06 Å². The largest absolute Gasteiger partial charge is 0.350 e. The van der Waals surface area contributed by atoms with Gasteiger partial charge >= 0.3 is 6.03 Å². The molecule has 6 heteroatoms. The molecule has 0 saturated carbocycles. The maximum absolute atomic E-state index is 10.6. The number of thiophene rings is 1. The highest BCUT2D eigenvalue weighted by molar-refractivity contribution is 8.02. The summed E-state index contributed by atoms with van der Waals surface area (Å²) < 4.78 is 1.32. The zero-order valence-corrected chi connectivity index (χ0v) is 11.2. The number of nitrogens with two attached hydrogens (primary N) is 1. The Morgan fingerprint density at radius 2 is 2.19 bits per heavy atom. The summed E-state index contributed by atoms with van der Waals surface area (Å²) in [7, 11) is 0. The topological polar surface area (TPSA) is 66.6 Å². The normalized spacial score (nSPS) is 11.5. The van der Waals surface area contributed by atoms with Crippen molar-refractivity contribution in [3.8, 4) is 0 Å². The minimum Gasteiger partial charge on any atom is -0.350 e. The number of rotatable bonds is 3. The van der Waals surface area contributed by atoms with E-state index in [0.29, 0.717) is 5.06 Å². The van der Waals surface area contributed by atoms with E-state index >= 15 is 0 Å². The zero-order valence-electron chi connectivity index (χ0n) is 9.56. The van der Waals surface area contributed by atoms with E-state index in [2.05, 4.69) is 20.8 Å². The smallest absolute Gasteiger partial charge is 0.338 e. The third-order valence-corrected chi connectivity index (χ3v) is 3.92. The highest BCUT2D eigenvalue weighted by Gasteiger charge is 2.14. The zero-order chi connectivity index (χ0) is 12.3. The van der Waals surface area contributed by atoms with Gasteiger partial charge in [0, 0.05) is 9.62 Å². The van der Waals surface area contributed by atoms with Gasteiger partial charge in [0.1, 0.15) is 0 Å². The Labute approximate surface area is 103 Å². The molecule has 0 aromatic carbocycles. The van der Waals surface area contributed by atoms with Crippen LogP contribution in [0.5, 0.6) is 0 Å². The van der Waals surface area contributed by atoms with E-state index < -0.39 is 6.03 Å². The van der Waals surface area contributed by atoms with Crippen LogP contribution in [0.3, 0.4) is 0 Å². The molecule has 0 fully saturated rings. The van der Waals surface area contributed by atoms with Crippen LogP contribution >= 0.6 is 23.1 Å². The van der Waals surface area contributed by atoms with Gasteiger partial charge in [0.15, 0.2) is 0 Å². The molecule has 4 nitrogen and oxygen atoms in total. The molecule has 0 unspecified atom stereocenters. The number of amides is 2. The molecule has 3 N–H and O–H groups in total. The van der Waals surface area contributed by atoms with Crippen molar-refractivity contribution in [2.24, 2.45) is 5.73 Å². The fraction of sp³-hybridized carbons (Fsp3) is 0.500. The molecule has 0 aliphatic heterocycles. The van der Waals surface area contributed by atoms with Crippen LogP contribution in [0.2, 0.25) is 0 Å². The maximum Gasteiger partial charge on any atom is 0.338 e. The third-order valence-electron chi connectivity index (χ3n) is 1.60. The first-order valence-corrected chi connectivity index (χ1v) is 6.45. The maximum atomic E-state index is 10.6. The number of hydrogen-bond donors (Lipinski definition) is 2. The van der Waals surface area contributed by atoms with E-state index in [9.17, 15) is 10.0 Å². The fourth-order valence-corrected chi connectivity index (χ4v) is 3.72. The summed E-state index contributed by atoms with van der Waals surface area (Å²) in [5.74, 6) is 0. The molecule has 90 valence electrons. The molecule has 0 radical (unpaired) electrons. The summed E-state index contributed by atoms with van der Waals surface area (Å²) in [5, 5.41) is 9.69. The molecular formula is C10H16N2O2S2. The predicted molar refractivity (Wildman–Crippen MR) is 66.8 cm³/mol. The monoisotopic (exact) mass is 260 g/mol. The van der Waals surface area contributed by atoms with Gasteiger partial charge in [-0.25, -0.2) is 9.86 Å². The van der Waals surface area contributed by atoms with E-state index in [1.54, 1.807) is 23.1 Å². The molecule has 0 atom stereocenters. The van der Waals surface area contributed by atoms with Crippen LogP contribution in [0.1, 0.15) is 25.6 Å². The van der Waals surface area contributed by atoms with Crippen molar-refractivity contribution in [2.75, 3.05) is 0 Å². The number of carbonyl (C=O) groups excluding carboxylic acids is 1. The lowest BCUT2D eigenvalue weighted by Crippen LogP contribution is -2.31. The summed E-state index contributed by atoms with van der Waals surface area (Å²) in [6.07, 6.45) is 0. The van der Waals surface area contributed by atoms with Gasteiger partial charge in [0.2, 0.25) is 0 Å². The van der Waals surface area contributed by atoms with Crippen LogP contribution in [-0.4, -0.2) is 21.0 Å². The summed E-state index contributed by atoms with van der Waals surface area (Å²) >= 11 is 3.32. The molecule has 1 rings (SSSR count). The van der Waals surface area contributed by atoms with Crippen molar-refractivity contribution in [3.63, 3.8) is 0 Å². The third kappa shape index (κ3) is 4.42. The Bertz CT molecular complexity index is 371. The van der Waals surface area contributed by atoms with E-state index in [1.807, 2.05) is 12.1 Å². The van der Waals surface area contributed by atoms with Crippen LogP contribution in [0, 0.1) is 0 Å². The van der Waals surface area contributed by atoms with Crippen molar-refractivity contribution < 1.29 is 10.0 Å². The fourth-order valence-electron chi connectivity index (χ4n) is 1.03. The highest BCUT2D eigenvalue weighted by Crippen LogP contribution is 2.36. The minimum absolute atomic E-state index is 0.144. The molecular weight excluding hydrogens is 244 g/mol. The van der Waals surface area contributed by atoms with E-state index in [0.717, 1.165) is 4.88 Å². The number of thioether (sulfide) groups is 1. The van der Waals surface area contributed by atoms with Crippen molar-refractivity contribution >= 4 is 29.1 Å². The van der Waals surface area contributed by atoms with Gasteiger partial charge in [-0.1, -0.05) is 20.8 Å². The molecule has 2 amide bonds. The Morgan fingerprint density at radius 1 is 1.56 bits per heavy atom. The average Bonchev–Trinajstić information content (AvgIpc) is 2.49. The quantitative estimate of drug-likeness (QED) is 0.499. The molecule has 1 aromatic heterocycles. The molecule has 1 heterocycles. The second-order valence-corrected chi connectivity index (χ2v) is 7.63. The Balaban J connectivity index is 2.62. The van der Waals surface area contributed by atoms with Crippen molar-refractivity contribution in [3.05, 3.63) is 17.0 Å². The van der Waals surface area contributed by atoms with Gasteiger partial charge < -0.3 is 5.73 Å². The van der Waals surface area contributed by atoms with E-state index in [-0.39, 0.29) is 11.3 Å². The molecule has 0 aliphatic rings. The van der Waals surface area contributed by atoms with Crippen LogP contribution in [-0.2, 0) is 6.54 Å². The summed E-state index contributed by atoms with van der Waals surface area (Å²) in [6, 6.07) is 3.05. The van der Waals surface area contributed by atoms with Crippen LogP contribution in [0.4, 0.5) is 4.79 Å². The number of hydrogen-bond acceptors (Lipinski definition) is 4. The number of carbonyl (C=O) groups is 1. The van der Waals surface area contributed by atoms with Gasteiger partial charge in [-0.3, -0.25) is 5.21 Å². The number of nitrogens with zero attached hydrogens (tertiary/aromatic N) is 1. The second-order valence-electron chi connectivity index (χ2n) is 4.33. The molecule has 1 aromatic rings. The first-order chi connectivity index (χ1) is 7.28.